The highest BCUT2D eigenvalue weighted by atomic mass is 32.2. The van der Waals surface area contributed by atoms with Crippen molar-refractivity contribution in [2.24, 2.45) is 0 Å². The summed E-state index contributed by atoms with van der Waals surface area (Å²) in [5.74, 6) is 0. The summed E-state index contributed by atoms with van der Waals surface area (Å²) in [5.41, 5.74) is -3.87. The van der Waals surface area contributed by atoms with Crippen LogP contribution in [0.1, 0.15) is 17.2 Å². The smallest absolute Gasteiger partial charge is 0.203 e. The van der Waals surface area contributed by atoms with Gasteiger partial charge in [0.15, 0.2) is 0 Å². The summed E-state index contributed by atoms with van der Waals surface area (Å²) >= 11 is 1.37. The summed E-state index contributed by atoms with van der Waals surface area (Å²) in [6, 6.07) is 15.3. The Morgan fingerprint density at radius 2 is 1.62 bits per heavy atom. The zero-order valence-corrected chi connectivity index (χ0v) is 14.0. The Morgan fingerprint density at radius 3 is 2.29 bits per heavy atom. The van der Waals surface area contributed by atoms with Gasteiger partial charge in [0.2, 0.25) is 0 Å². The van der Waals surface area contributed by atoms with Gasteiger partial charge in [-0.15, -0.1) is 11.8 Å². The van der Waals surface area contributed by atoms with E-state index in [1.807, 2.05) is 41.1 Å². The molecule has 2 aromatic carbocycles. The molecule has 2 atom stereocenters. The number of thioether (sulfide) groups is 1. The fourth-order valence-electron chi connectivity index (χ4n) is 2.72. The van der Waals surface area contributed by atoms with E-state index in [0.717, 1.165) is 10.5 Å². The van der Waals surface area contributed by atoms with E-state index in [2.05, 4.69) is 0 Å². The molecule has 1 aliphatic rings. The van der Waals surface area contributed by atoms with E-state index in [1.54, 1.807) is 18.2 Å². The number of nitrogens with one attached hydrogen (secondary N) is 1. The van der Waals surface area contributed by atoms with Gasteiger partial charge in [0.25, 0.3) is 0 Å². The Balaban J connectivity index is 1.92. The highest BCUT2D eigenvalue weighted by Crippen LogP contribution is 2.42. The van der Waals surface area contributed by atoms with Crippen molar-refractivity contribution in [3.8, 4) is 0 Å². The predicted octanol–water partition coefficient (Wildman–Crippen LogP) is 3.88. The summed E-state index contributed by atoms with van der Waals surface area (Å²) < 4.78 is 63.3. The normalized spacial score (nSPS) is 20.8. The van der Waals surface area contributed by atoms with Crippen molar-refractivity contribution in [3.05, 3.63) is 65.7 Å². The molecule has 128 valence electrons. The molecule has 1 N–H and O–H groups in total. The van der Waals surface area contributed by atoms with Crippen LogP contribution in [0.25, 0.3) is 0 Å². The van der Waals surface area contributed by atoms with Gasteiger partial charge in [-0.2, -0.15) is 17.9 Å². The molecule has 24 heavy (non-hydrogen) atoms. The van der Waals surface area contributed by atoms with Crippen LogP contribution in [0.3, 0.4) is 0 Å². The number of sulfonamides is 1. The van der Waals surface area contributed by atoms with E-state index in [4.69, 9.17) is 0 Å². The van der Waals surface area contributed by atoms with Crippen LogP contribution >= 0.6 is 11.8 Å². The van der Waals surface area contributed by atoms with Crippen molar-refractivity contribution >= 4 is 21.8 Å². The molecule has 1 aliphatic carbocycles. The number of halogens is 3. The molecule has 0 saturated carbocycles. The first kappa shape index (κ1) is 17.3. The minimum absolute atomic E-state index is 0.345. The quantitative estimate of drug-likeness (QED) is 0.885. The van der Waals surface area contributed by atoms with Crippen molar-refractivity contribution in [1.29, 1.82) is 0 Å². The fourth-order valence-corrected chi connectivity index (χ4v) is 4.84. The Morgan fingerprint density at radius 1 is 1.00 bits per heavy atom. The first-order chi connectivity index (χ1) is 11.3. The molecule has 0 aromatic heterocycles. The second-order valence-corrected chi connectivity index (χ2v) is 8.44. The summed E-state index contributed by atoms with van der Waals surface area (Å²) in [6.07, 6.45) is 0.501. The minimum Gasteiger partial charge on any atom is -0.203 e. The zero-order valence-electron chi connectivity index (χ0n) is 12.3. The SMILES string of the molecule is O=S(=O)(NC1c2ccccc2CC1Sc1ccccc1)C(F)(F)F. The topological polar surface area (TPSA) is 46.2 Å². The lowest BCUT2D eigenvalue weighted by molar-refractivity contribution is -0.0450. The minimum atomic E-state index is -5.41. The van der Waals surface area contributed by atoms with E-state index in [0.29, 0.717) is 12.0 Å². The Hall–Kier alpha value is -1.51. The molecule has 0 saturated heterocycles. The van der Waals surface area contributed by atoms with Gasteiger partial charge in [-0.1, -0.05) is 42.5 Å². The van der Waals surface area contributed by atoms with Gasteiger partial charge < -0.3 is 0 Å². The molecule has 3 rings (SSSR count). The van der Waals surface area contributed by atoms with Crippen LogP contribution in [0.5, 0.6) is 0 Å². The molecule has 0 aliphatic heterocycles. The second-order valence-electron chi connectivity index (χ2n) is 5.42. The molecule has 0 radical (unpaired) electrons. The molecule has 0 fully saturated rings. The fraction of sp³-hybridized carbons (Fsp3) is 0.250. The van der Waals surface area contributed by atoms with Crippen molar-refractivity contribution in [1.82, 2.24) is 4.72 Å². The number of hydrogen-bond donors (Lipinski definition) is 1. The average molecular weight is 373 g/mol. The van der Waals surface area contributed by atoms with Crippen LogP contribution in [0.2, 0.25) is 0 Å². The molecule has 3 nitrogen and oxygen atoms in total. The summed E-state index contributed by atoms with van der Waals surface area (Å²) in [4.78, 5) is 0.881. The third kappa shape index (κ3) is 3.45. The maximum absolute atomic E-state index is 12.8. The van der Waals surface area contributed by atoms with E-state index in [9.17, 15) is 21.6 Å². The van der Waals surface area contributed by atoms with Gasteiger partial charge in [0, 0.05) is 10.1 Å². The monoisotopic (exact) mass is 373 g/mol. The highest BCUT2D eigenvalue weighted by Gasteiger charge is 2.49. The Bertz CT molecular complexity index is 823. The highest BCUT2D eigenvalue weighted by molar-refractivity contribution is 8.00. The summed E-state index contributed by atoms with van der Waals surface area (Å²) in [7, 11) is -5.41. The van der Waals surface area contributed by atoms with Crippen LogP contribution in [0.4, 0.5) is 13.2 Å². The standard InChI is InChI=1S/C16H14F3NO2S2/c17-16(18,19)24(21,22)20-15-13-9-5-4-6-11(13)10-14(15)23-12-7-2-1-3-8-12/h1-9,14-15,20H,10H2. The second kappa shape index (κ2) is 6.42. The molecule has 8 heteroatoms. The number of alkyl halides is 3. The lowest BCUT2D eigenvalue weighted by Gasteiger charge is -2.22. The van der Waals surface area contributed by atoms with E-state index in [-0.39, 0.29) is 5.25 Å². The number of rotatable bonds is 4. The van der Waals surface area contributed by atoms with Crippen molar-refractivity contribution in [2.45, 2.75) is 28.1 Å². The van der Waals surface area contributed by atoms with Gasteiger partial charge >= 0.3 is 15.5 Å². The molecule has 0 heterocycles. The largest absolute Gasteiger partial charge is 0.511 e. The van der Waals surface area contributed by atoms with E-state index >= 15 is 0 Å². The van der Waals surface area contributed by atoms with Crippen LogP contribution in [-0.2, 0) is 16.4 Å². The van der Waals surface area contributed by atoms with Gasteiger partial charge in [-0.25, -0.2) is 8.42 Å². The molecular weight excluding hydrogens is 359 g/mol. The molecule has 2 aromatic rings. The molecule has 0 spiro atoms. The Kier molecular flexibility index (Phi) is 4.63. The zero-order chi connectivity index (χ0) is 17.4. The van der Waals surface area contributed by atoms with Gasteiger partial charge in [-0.05, 0) is 29.7 Å². The summed E-state index contributed by atoms with van der Waals surface area (Å²) in [5, 5.41) is -0.345. The first-order valence-corrected chi connectivity index (χ1v) is 9.52. The molecule has 0 bridgehead atoms. The van der Waals surface area contributed by atoms with Crippen LogP contribution in [0, 0.1) is 0 Å². The third-order valence-electron chi connectivity index (χ3n) is 3.80. The lowest BCUT2D eigenvalue weighted by atomic mass is 10.1. The number of benzene rings is 2. The van der Waals surface area contributed by atoms with E-state index in [1.165, 1.54) is 11.8 Å². The van der Waals surface area contributed by atoms with Crippen LogP contribution < -0.4 is 4.72 Å². The average Bonchev–Trinajstić information content (AvgIpc) is 2.84. The first-order valence-electron chi connectivity index (χ1n) is 7.16. The molecule has 2 unspecified atom stereocenters. The Labute approximate surface area is 142 Å². The van der Waals surface area contributed by atoms with E-state index < -0.39 is 21.6 Å². The predicted molar refractivity (Wildman–Crippen MR) is 87.1 cm³/mol. The van der Waals surface area contributed by atoms with Gasteiger partial charge in [-0.3, -0.25) is 0 Å². The van der Waals surface area contributed by atoms with Crippen molar-refractivity contribution in [3.63, 3.8) is 0 Å². The van der Waals surface area contributed by atoms with Crippen molar-refractivity contribution < 1.29 is 21.6 Å². The maximum atomic E-state index is 12.8. The molecular formula is C16H14F3NO2S2. The number of hydrogen-bond acceptors (Lipinski definition) is 3. The third-order valence-corrected chi connectivity index (χ3v) is 6.26. The van der Waals surface area contributed by atoms with Crippen LogP contribution in [0.15, 0.2) is 59.5 Å². The number of fused-ring (bicyclic) bond motifs is 1. The maximum Gasteiger partial charge on any atom is 0.511 e. The lowest BCUT2D eigenvalue weighted by Crippen LogP contribution is -2.40. The van der Waals surface area contributed by atoms with Crippen LogP contribution in [-0.4, -0.2) is 19.2 Å². The summed E-state index contributed by atoms with van der Waals surface area (Å²) in [6.45, 7) is 0. The van der Waals surface area contributed by atoms with Gasteiger partial charge in [0.1, 0.15) is 0 Å². The molecule has 0 amide bonds. The van der Waals surface area contributed by atoms with Gasteiger partial charge in [0.05, 0.1) is 6.04 Å². The van der Waals surface area contributed by atoms with Crippen molar-refractivity contribution in [2.75, 3.05) is 0 Å².